The Bertz CT molecular complexity index is 312. The van der Waals surface area contributed by atoms with Crippen LogP contribution in [0.15, 0.2) is 11.8 Å². The van der Waals surface area contributed by atoms with Gasteiger partial charge in [-0.15, -0.1) is 0 Å². The molecule has 1 rings (SSSR count). The Balaban J connectivity index is 2.41. The molecule has 0 N–H and O–H groups in total. The van der Waals surface area contributed by atoms with Crippen LogP contribution >= 0.6 is 11.8 Å². The highest BCUT2D eigenvalue weighted by molar-refractivity contribution is 8.15. The fourth-order valence-electron chi connectivity index (χ4n) is 2.35. The minimum absolute atomic E-state index is 0.114. The summed E-state index contributed by atoms with van der Waals surface area (Å²) < 4.78 is 5.75. The second-order valence-electron chi connectivity index (χ2n) is 5.53. The number of hydrogen-bond donors (Lipinski definition) is 0. The smallest absolute Gasteiger partial charge is 0.216 e. The third-order valence-electron chi connectivity index (χ3n) is 3.61. The zero-order valence-corrected chi connectivity index (χ0v) is 13.5. The van der Waals surface area contributed by atoms with Gasteiger partial charge in [0, 0.05) is 6.08 Å². The van der Waals surface area contributed by atoms with Gasteiger partial charge < -0.3 is 4.74 Å². The molecule has 0 aromatic heterocycles. The molecule has 0 unspecified atom stereocenters. The van der Waals surface area contributed by atoms with E-state index >= 15 is 0 Å². The third-order valence-corrected chi connectivity index (χ3v) is 4.78. The molecule has 1 heterocycles. The van der Waals surface area contributed by atoms with Crippen LogP contribution in [0.2, 0.25) is 0 Å². The predicted octanol–water partition coefficient (Wildman–Crippen LogP) is 5.08. The normalized spacial score (nSPS) is 22.7. The lowest BCUT2D eigenvalue weighted by molar-refractivity contribution is -0.107. The minimum atomic E-state index is -0.114. The molecule has 0 saturated carbocycles. The number of unbranched alkanes of at least 4 members (excludes halogenated alkanes) is 5. The van der Waals surface area contributed by atoms with Gasteiger partial charge in [0.2, 0.25) is 5.12 Å². The zero-order chi connectivity index (χ0) is 14.1. The summed E-state index contributed by atoms with van der Waals surface area (Å²) >= 11 is 1.44. The van der Waals surface area contributed by atoms with Crippen molar-refractivity contribution >= 4 is 16.9 Å². The number of hydrogen-bond acceptors (Lipinski definition) is 3. The minimum Gasteiger partial charge on any atom is -0.496 e. The fourth-order valence-corrected chi connectivity index (χ4v) is 3.43. The van der Waals surface area contributed by atoms with Gasteiger partial charge in [-0.2, -0.15) is 0 Å². The Kier molecular flexibility index (Phi) is 7.59. The lowest BCUT2D eigenvalue weighted by Crippen LogP contribution is -2.22. The molecule has 0 aromatic rings. The third kappa shape index (κ3) is 5.60. The van der Waals surface area contributed by atoms with E-state index in [1.54, 1.807) is 6.08 Å². The second-order valence-corrected chi connectivity index (χ2v) is 7.03. The highest BCUT2D eigenvalue weighted by Crippen LogP contribution is 2.44. The van der Waals surface area contributed by atoms with E-state index in [1.807, 2.05) is 0 Å². The Morgan fingerprint density at radius 2 is 1.79 bits per heavy atom. The van der Waals surface area contributed by atoms with Gasteiger partial charge in [-0.3, -0.25) is 4.79 Å². The summed E-state index contributed by atoms with van der Waals surface area (Å²) in [6.45, 7) is 7.31. The van der Waals surface area contributed by atoms with Gasteiger partial charge >= 0.3 is 0 Å². The summed E-state index contributed by atoms with van der Waals surface area (Å²) in [6.07, 6.45) is 11.2. The summed E-state index contributed by atoms with van der Waals surface area (Å²) in [7, 11) is 0. The van der Waals surface area contributed by atoms with E-state index in [9.17, 15) is 4.79 Å². The first-order valence-corrected chi connectivity index (χ1v) is 8.52. The van der Waals surface area contributed by atoms with Gasteiger partial charge in [-0.05, 0) is 19.8 Å². The van der Waals surface area contributed by atoms with Gasteiger partial charge in [0.1, 0.15) is 5.76 Å². The van der Waals surface area contributed by atoms with E-state index < -0.39 is 0 Å². The summed E-state index contributed by atoms with van der Waals surface area (Å²) in [4.78, 5) is 11.7. The molecule has 110 valence electrons. The molecule has 3 heteroatoms. The van der Waals surface area contributed by atoms with Crippen molar-refractivity contribution in [3.05, 3.63) is 11.8 Å². The van der Waals surface area contributed by atoms with Crippen LogP contribution in [0, 0.1) is 0 Å². The van der Waals surface area contributed by atoms with Crippen LogP contribution in [-0.4, -0.2) is 16.5 Å². The summed E-state index contributed by atoms with van der Waals surface area (Å²) in [5.74, 6) is 0.912. The lowest BCUT2D eigenvalue weighted by Gasteiger charge is -2.26. The molecule has 0 radical (unpaired) electrons. The topological polar surface area (TPSA) is 26.3 Å². The van der Waals surface area contributed by atoms with Gasteiger partial charge in [0.05, 0.1) is 11.4 Å². The van der Waals surface area contributed by atoms with E-state index in [4.69, 9.17) is 4.74 Å². The van der Waals surface area contributed by atoms with Crippen LogP contribution in [0.4, 0.5) is 0 Å². The summed E-state index contributed by atoms with van der Waals surface area (Å²) in [5, 5.41) is 0.156. The van der Waals surface area contributed by atoms with Gasteiger partial charge in [0.25, 0.3) is 0 Å². The van der Waals surface area contributed by atoms with Crippen LogP contribution < -0.4 is 0 Å². The molecule has 0 amide bonds. The molecule has 0 aliphatic carbocycles. The van der Waals surface area contributed by atoms with Crippen LogP contribution in [0.3, 0.4) is 0 Å². The first-order valence-electron chi connectivity index (χ1n) is 7.70. The van der Waals surface area contributed by atoms with Crippen molar-refractivity contribution in [2.24, 2.45) is 0 Å². The highest BCUT2D eigenvalue weighted by Gasteiger charge is 2.38. The van der Waals surface area contributed by atoms with Gasteiger partial charge in [-0.25, -0.2) is 0 Å². The Morgan fingerprint density at radius 1 is 1.11 bits per heavy atom. The van der Waals surface area contributed by atoms with Crippen molar-refractivity contribution in [1.82, 2.24) is 0 Å². The van der Waals surface area contributed by atoms with Crippen molar-refractivity contribution in [1.29, 1.82) is 0 Å². The van der Waals surface area contributed by atoms with Crippen molar-refractivity contribution in [2.75, 3.05) is 6.61 Å². The maximum Gasteiger partial charge on any atom is 0.216 e. The molecule has 19 heavy (non-hydrogen) atoms. The van der Waals surface area contributed by atoms with Crippen LogP contribution in [0.25, 0.3) is 0 Å². The quantitative estimate of drug-likeness (QED) is 0.523. The van der Waals surface area contributed by atoms with Crippen molar-refractivity contribution in [2.45, 2.75) is 76.9 Å². The van der Waals surface area contributed by atoms with Crippen LogP contribution in [-0.2, 0) is 9.53 Å². The maximum absolute atomic E-state index is 11.7. The second kappa shape index (κ2) is 8.68. The summed E-state index contributed by atoms with van der Waals surface area (Å²) in [5.41, 5.74) is 0. The van der Waals surface area contributed by atoms with Crippen molar-refractivity contribution < 1.29 is 9.53 Å². The van der Waals surface area contributed by atoms with E-state index in [0.29, 0.717) is 0 Å². The Morgan fingerprint density at radius 3 is 2.47 bits per heavy atom. The average molecular weight is 284 g/mol. The van der Waals surface area contributed by atoms with E-state index in [-0.39, 0.29) is 9.86 Å². The van der Waals surface area contributed by atoms with E-state index in [0.717, 1.165) is 25.2 Å². The van der Waals surface area contributed by atoms with Crippen LogP contribution in [0.5, 0.6) is 0 Å². The number of rotatable bonds is 10. The molecule has 1 aliphatic rings. The number of carbonyl (C=O) groups excluding carboxylic acids is 1. The molecule has 0 aromatic carbocycles. The number of carbonyl (C=O) groups is 1. The SMILES string of the molecule is CCCCCC[C@@]1(C)SC(=O)C=C1OCCCCC. The molecule has 1 aliphatic heterocycles. The standard InChI is InChI=1S/C16H28O2S/c1-4-6-8-9-11-16(3)14(13-15(17)19-16)18-12-10-7-5-2/h13H,4-12H2,1-3H3/t16-/m1/s1. The number of thioether (sulfide) groups is 1. The molecule has 0 fully saturated rings. The first kappa shape index (κ1) is 16.6. The predicted molar refractivity (Wildman–Crippen MR) is 83.3 cm³/mol. The van der Waals surface area contributed by atoms with Gasteiger partial charge in [-0.1, -0.05) is 64.1 Å². The van der Waals surface area contributed by atoms with Crippen molar-refractivity contribution in [3.8, 4) is 0 Å². The molecule has 0 bridgehead atoms. The molecular weight excluding hydrogens is 256 g/mol. The molecule has 1 atom stereocenters. The van der Waals surface area contributed by atoms with E-state index in [2.05, 4.69) is 20.8 Å². The Labute approximate surface area is 122 Å². The maximum atomic E-state index is 11.7. The lowest BCUT2D eigenvalue weighted by atomic mass is 9.99. The zero-order valence-electron chi connectivity index (χ0n) is 12.7. The van der Waals surface area contributed by atoms with Crippen LogP contribution in [0.1, 0.15) is 72.1 Å². The molecule has 0 saturated heterocycles. The fraction of sp³-hybridized carbons (Fsp3) is 0.812. The molecule has 2 nitrogen and oxygen atoms in total. The largest absolute Gasteiger partial charge is 0.496 e. The van der Waals surface area contributed by atoms with Gasteiger partial charge in [0.15, 0.2) is 0 Å². The molecular formula is C16H28O2S. The monoisotopic (exact) mass is 284 g/mol. The Hall–Kier alpha value is -0.440. The first-order chi connectivity index (χ1) is 9.12. The average Bonchev–Trinajstić information content (AvgIpc) is 2.66. The van der Waals surface area contributed by atoms with Crippen molar-refractivity contribution in [3.63, 3.8) is 0 Å². The van der Waals surface area contributed by atoms with E-state index in [1.165, 1.54) is 50.3 Å². The summed E-state index contributed by atoms with van der Waals surface area (Å²) in [6, 6.07) is 0. The molecule has 0 spiro atoms. The highest BCUT2D eigenvalue weighted by atomic mass is 32.2. The number of ether oxygens (including phenoxy) is 1.